The SMILES string of the molecule is CNC(=O)c1cc(NC(=O)c2ccc(N3CCC(O)CC3)cc2)ccc1Cl. The van der Waals surface area contributed by atoms with Crippen molar-refractivity contribution in [1.82, 2.24) is 5.32 Å². The van der Waals surface area contributed by atoms with Crippen LogP contribution in [-0.4, -0.2) is 43.2 Å². The molecule has 1 aliphatic rings. The van der Waals surface area contributed by atoms with Crippen LogP contribution in [0.3, 0.4) is 0 Å². The maximum Gasteiger partial charge on any atom is 0.255 e. The smallest absolute Gasteiger partial charge is 0.255 e. The standard InChI is InChI=1S/C20H22ClN3O3/c1-22-20(27)17-12-14(4-7-18(17)21)23-19(26)13-2-5-15(6-3-13)24-10-8-16(25)9-11-24/h2-7,12,16,25H,8-11H2,1H3,(H,22,27)(H,23,26). The van der Waals surface area contributed by atoms with Gasteiger partial charge < -0.3 is 20.6 Å². The first-order valence-corrected chi connectivity index (χ1v) is 9.22. The van der Waals surface area contributed by atoms with E-state index >= 15 is 0 Å². The molecule has 2 aromatic carbocycles. The van der Waals surface area contributed by atoms with Crippen LogP contribution in [0.5, 0.6) is 0 Å². The fraction of sp³-hybridized carbons (Fsp3) is 0.300. The second-order valence-corrected chi connectivity index (χ2v) is 6.90. The maximum atomic E-state index is 12.5. The van der Waals surface area contributed by atoms with Crippen molar-refractivity contribution in [1.29, 1.82) is 0 Å². The molecule has 3 rings (SSSR count). The van der Waals surface area contributed by atoms with Crippen molar-refractivity contribution in [2.75, 3.05) is 30.4 Å². The Morgan fingerprint density at radius 1 is 1.07 bits per heavy atom. The molecule has 0 atom stereocenters. The van der Waals surface area contributed by atoms with E-state index in [-0.39, 0.29) is 17.9 Å². The van der Waals surface area contributed by atoms with Crippen molar-refractivity contribution in [3.8, 4) is 0 Å². The highest BCUT2D eigenvalue weighted by atomic mass is 35.5. The summed E-state index contributed by atoms with van der Waals surface area (Å²) in [6.45, 7) is 1.61. The number of nitrogens with zero attached hydrogens (tertiary/aromatic N) is 1. The summed E-state index contributed by atoms with van der Waals surface area (Å²) in [6.07, 6.45) is 1.30. The van der Waals surface area contributed by atoms with Crippen LogP contribution >= 0.6 is 11.6 Å². The summed E-state index contributed by atoms with van der Waals surface area (Å²) in [7, 11) is 1.52. The van der Waals surface area contributed by atoms with Crippen molar-refractivity contribution < 1.29 is 14.7 Å². The summed E-state index contributed by atoms with van der Waals surface area (Å²) in [6, 6.07) is 12.1. The fourth-order valence-electron chi connectivity index (χ4n) is 3.06. The molecule has 0 aromatic heterocycles. The van der Waals surface area contributed by atoms with Crippen LogP contribution in [0.4, 0.5) is 11.4 Å². The van der Waals surface area contributed by atoms with Gasteiger partial charge in [0.2, 0.25) is 0 Å². The Morgan fingerprint density at radius 2 is 1.74 bits per heavy atom. The lowest BCUT2D eigenvalue weighted by atomic mass is 10.1. The molecule has 1 fully saturated rings. The van der Waals surface area contributed by atoms with Gasteiger partial charge in [-0.3, -0.25) is 9.59 Å². The van der Waals surface area contributed by atoms with Crippen molar-refractivity contribution in [2.45, 2.75) is 18.9 Å². The van der Waals surface area contributed by atoms with Gasteiger partial charge in [-0.25, -0.2) is 0 Å². The van der Waals surface area contributed by atoms with E-state index in [1.165, 1.54) is 7.05 Å². The summed E-state index contributed by atoms with van der Waals surface area (Å²) in [5.41, 5.74) is 2.36. The molecule has 0 saturated carbocycles. The summed E-state index contributed by atoms with van der Waals surface area (Å²) in [5, 5.41) is 15.2. The topological polar surface area (TPSA) is 81.7 Å². The van der Waals surface area contributed by atoms with Crippen LogP contribution in [0.2, 0.25) is 5.02 Å². The van der Waals surface area contributed by atoms with Crippen LogP contribution in [0.25, 0.3) is 0 Å². The van der Waals surface area contributed by atoms with Crippen LogP contribution in [0.15, 0.2) is 42.5 Å². The second-order valence-electron chi connectivity index (χ2n) is 6.49. The number of aliphatic hydroxyl groups is 1. The zero-order valence-electron chi connectivity index (χ0n) is 15.0. The van der Waals surface area contributed by atoms with Gasteiger partial charge in [0.25, 0.3) is 11.8 Å². The van der Waals surface area contributed by atoms with E-state index in [1.807, 2.05) is 12.1 Å². The Bertz CT molecular complexity index is 831. The van der Waals surface area contributed by atoms with Gasteiger partial charge in [0.05, 0.1) is 16.7 Å². The van der Waals surface area contributed by atoms with Crippen molar-refractivity contribution >= 4 is 34.8 Å². The Hall–Kier alpha value is -2.57. The Labute approximate surface area is 163 Å². The molecule has 2 amide bonds. The average molecular weight is 388 g/mol. The van der Waals surface area contributed by atoms with Gasteiger partial charge in [0.15, 0.2) is 0 Å². The zero-order chi connectivity index (χ0) is 19.4. The van der Waals surface area contributed by atoms with Gasteiger partial charge >= 0.3 is 0 Å². The fourth-order valence-corrected chi connectivity index (χ4v) is 3.27. The highest BCUT2D eigenvalue weighted by molar-refractivity contribution is 6.34. The molecule has 0 spiro atoms. The largest absolute Gasteiger partial charge is 0.393 e. The Morgan fingerprint density at radius 3 is 2.37 bits per heavy atom. The van der Waals surface area contributed by atoms with E-state index in [0.29, 0.717) is 21.8 Å². The third-order valence-corrected chi connectivity index (χ3v) is 4.98. The minimum absolute atomic E-state index is 0.217. The monoisotopic (exact) mass is 387 g/mol. The number of nitrogens with one attached hydrogen (secondary N) is 2. The number of aliphatic hydroxyl groups excluding tert-OH is 1. The number of halogens is 1. The average Bonchev–Trinajstić information content (AvgIpc) is 2.69. The quantitative estimate of drug-likeness (QED) is 0.753. The number of anilines is 2. The van der Waals surface area contributed by atoms with Crippen LogP contribution in [0, 0.1) is 0 Å². The summed E-state index contributed by atoms with van der Waals surface area (Å²) >= 11 is 6.03. The number of hydrogen-bond donors (Lipinski definition) is 3. The number of hydrogen-bond acceptors (Lipinski definition) is 4. The number of piperidine rings is 1. The van der Waals surface area contributed by atoms with Crippen molar-refractivity contribution in [2.24, 2.45) is 0 Å². The summed E-state index contributed by atoms with van der Waals surface area (Å²) in [5.74, 6) is -0.576. The molecule has 3 N–H and O–H groups in total. The Balaban J connectivity index is 1.69. The lowest BCUT2D eigenvalue weighted by Crippen LogP contribution is -2.35. The highest BCUT2D eigenvalue weighted by Gasteiger charge is 2.17. The predicted octanol–water partition coefficient (Wildman–Crippen LogP) is 2.91. The molecule has 1 saturated heterocycles. The molecule has 142 valence electrons. The molecule has 1 aliphatic heterocycles. The molecule has 0 radical (unpaired) electrons. The number of benzene rings is 2. The van der Waals surface area contributed by atoms with Gasteiger partial charge in [0, 0.05) is 37.1 Å². The number of rotatable bonds is 4. The first kappa shape index (κ1) is 19.2. The summed E-state index contributed by atoms with van der Waals surface area (Å²) < 4.78 is 0. The molecule has 0 unspecified atom stereocenters. The molecular formula is C20H22ClN3O3. The molecule has 0 aliphatic carbocycles. The highest BCUT2D eigenvalue weighted by Crippen LogP contribution is 2.23. The number of amides is 2. The van der Waals surface area contributed by atoms with Crippen LogP contribution in [0.1, 0.15) is 33.6 Å². The maximum absolute atomic E-state index is 12.5. The lowest BCUT2D eigenvalue weighted by molar-refractivity contribution is 0.0961. The minimum atomic E-state index is -0.313. The van der Waals surface area contributed by atoms with Crippen LogP contribution < -0.4 is 15.5 Å². The molecule has 1 heterocycles. The van der Waals surface area contributed by atoms with E-state index in [2.05, 4.69) is 15.5 Å². The molecule has 27 heavy (non-hydrogen) atoms. The molecule has 2 aromatic rings. The van der Waals surface area contributed by atoms with Gasteiger partial charge in [-0.05, 0) is 55.3 Å². The molecule has 6 nitrogen and oxygen atoms in total. The molecular weight excluding hydrogens is 366 g/mol. The normalized spacial score (nSPS) is 14.7. The lowest BCUT2D eigenvalue weighted by Gasteiger charge is -2.31. The first-order chi connectivity index (χ1) is 13.0. The van der Waals surface area contributed by atoms with Gasteiger partial charge in [-0.1, -0.05) is 11.6 Å². The third kappa shape index (κ3) is 4.59. The van der Waals surface area contributed by atoms with E-state index < -0.39 is 0 Å². The van der Waals surface area contributed by atoms with Gasteiger partial charge in [-0.2, -0.15) is 0 Å². The zero-order valence-corrected chi connectivity index (χ0v) is 15.8. The molecule has 0 bridgehead atoms. The van der Waals surface area contributed by atoms with E-state index in [1.54, 1.807) is 30.3 Å². The Kier molecular flexibility index (Phi) is 5.98. The summed E-state index contributed by atoms with van der Waals surface area (Å²) in [4.78, 5) is 26.5. The first-order valence-electron chi connectivity index (χ1n) is 8.84. The number of carbonyl (C=O) groups is 2. The van der Waals surface area contributed by atoms with Crippen molar-refractivity contribution in [3.63, 3.8) is 0 Å². The van der Waals surface area contributed by atoms with Crippen molar-refractivity contribution in [3.05, 3.63) is 58.6 Å². The molecule has 7 heteroatoms. The van der Waals surface area contributed by atoms with E-state index in [0.717, 1.165) is 31.6 Å². The van der Waals surface area contributed by atoms with Crippen LogP contribution in [-0.2, 0) is 0 Å². The number of carbonyl (C=O) groups excluding carboxylic acids is 2. The second kappa shape index (κ2) is 8.41. The van der Waals surface area contributed by atoms with E-state index in [4.69, 9.17) is 11.6 Å². The minimum Gasteiger partial charge on any atom is -0.393 e. The third-order valence-electron chi connectivity index (χ3n) is 4.66. The van der Waals surface area contributed by atoms with Gasteiger partial charge in [-0.15, -0.1) is 0 Å². The van der Waals surface area contributed by atoms with Gasteiger partial charge in [0.1, 0.15) is 0 Å². The van der Waals surface area contributed by atoms with E-state index in [9.17, 15) is 14.7 Å². The predicted molar refractivity (Wildman–Crippen MR) is 107 cm³/mol.